The van der Waals surface area contributed by atoms with Gasteiger partial charge in [0.15, 0.2) is 0 Å². The van der Waals surface area contributed by atoms with Crippen molar-refractivity contribution in [2.24, 2.45) is 5.10 Å². The van der Waals surface area contributed by atoms with Gasteiger partial charge in [0.05, 0.1) is 11.5 Å². The van der Waals surface area contributed by atoms with Crippen molar-refractivity contribution in [2.75, 3.05) is 5.75 Å². The van der Waals surface area contributed by atoms with Gasteiger partial charge in [-0.25, -0.2) is 5.43 Å². The fourth-order valence-corrected chi connectivity index (χ4v) is 3.67. The molecule has 0 aliphatic carbocycles. The second-order valence-electron chi connectivity index (χ2n) is 5.73. The molecule has 2 aromatic carbocycles. The van der Waals surface area contributed by atoms with Gasteiger partial charge in [-0.05, 0) is 66.6 Å². The van der Waals surface area contributed by atoms with Gasteiger partial charge >= 0.3 is 0 Å². The second kappa shape index (κ2) is 9.22. The topological polar surface area (TPSA) is 41.5 Å². The van der Waals surface area contributed by atoms with E-state index in [1.165, 1.54) is 16.7 Å². The molecule has 0 atom stereocenters. The van der Waals surface area contributed by atoms with E-state index in [1.54, 1.807) is 11.8 Å². The molecule has 0 saturated heterocycles. The summed E-state index contributed by atoms with van der Waals surface area (Å²) in [5, 5.41) is 4.19. The molecular weight excluding hydrogens is 431 g/mol. The molecule has 2 aromatic rings. The number of carbonyl (C=O) groups excluding carboxylic acids is 1. The molecule has 126 valence electrons. The summed E-state index contributed by atoms with van der Waals surface area (Å²) in [6, 6.07) is 14.5. The van der Waals surface area contributed by atoms with Crippen LogP contribution in [0.1, 0.15) is 29.2 Å². The van der Waals surface area contributed by atoms with Crippen LogP contribution >= 0.6 is 34.4 Å². The highest BCUT2D eigenvalue weighted by Crippen LogP contribution is 2.15. The Bertz CT molecular complexity index is 739. The van der Waals surface area contributed by atoms with Gasteiger partial charge in [0, 0.05) is 9.32 Å². The molecule has 0 unspecified atom stereocenters. The molecule has 2 rings (SSSR count). The van der Waals surface area contributed by atoms with Crippen LogP contribution in [-0.2, 0) is 10.5 Å². The average molecular weight is 452 g/mol. The molecule has 1 N–H and O–H groups in total. The number of rotatable bonds is 6. The van der Waals surface area contributed by atoms with Crippen molar-refractivity contribution < 1.29 is 4.79 Å². The standard InChI is InChI=1S/C19H21IN2OS/c1-13-7-14(2)9-16(8-13)11-24-12-19(23)22-21-15(3)17-5-4-6-18(20)10-17/h4-10H,11-12H2,1-3H3,(H,22,23)/b21-15-. The highest BCUT2D eigenvalue weighted by atomic mass is 127. The lowest BCUT2D eigenvalue weighted by molar-refractivity contribution is -0.118. The molecule has 0 spiro atoms. The number of benzene rings is 2. The molecule has 0 bridgehead atoms. The summed E-state index contributed by atoms with van der Waals surface area (Å²) in [5.41, 5.74) is 8.23. The first-order valence-electron chi connectivity index (χ1n) is 7.68. The molecule has 0 aliphatic heterocycles. The smallest absolute Gasteiger partial charge is 0.250 e. The van der Waals surface area contributed by atoms with Crippen molar-refractivity contribution >= 4 is 46.0 Å². The van der Waals surface area contributed by atoms with E-state index in [4.69, 9.17) is 0 Å². The molecule has 0 radical (unpaired) electrons. The molecule has 0 aromatic heterocycles. The molecule has 1 amide bonds. The van der Waals surface area contributed by atoms with E-state index < -0.39 is 0 Å². The van der Waals surface area contributed by atoms with Crippen LogP contribution in [-0.4, -0.2) is 17.4 Å². The minimum absolute atomic E-state index is 0.0747. The monoisotopic (exact) mass is 452 g/mol. The van der Waals surface area contributed by atoms with E-state index in [0.29, 0.717) is 5.75 Å². The minimum atomic E-state index is -0.0747. The predicted molar refractivity (Wildman–Crippen MR) is 112 cm³/mol. The highest BCUT2D eigenvalue weighted by Gasteiger charge is 2.03. The first kappa shape index (κ1) is 19.0. The molecule has 5 heteroatoms. The SMILES string of the molecule is C/C(=N/NC(=O)CSCc1cc(C)cc(C)c1)c1cccc(I)c1. The fraction of sp³-hybridized carbons (Fsp3) is 0.263. The van der Waals surface area contributed by atoms with Crippen LogP contribution in [0.3, 0.4) is 0 Å². The van der Waals surface area contributed by atoms with Gasteiger partial charge in [-0.15, -0.1) is 11.8 Å². The Balaban J connectivity index is 1.82. The van der Waals surface area contributed by atoms with Crippen LogP contribution in [0.2, 0.25) is 0 Å². The summed E-state index contributed by atoms with van der Waals surface area (Å²) in [7, 11) is 0. The Hall–Kier alpha value is -1.34. The van der Waals surface area contributed by atoms with E-state index in [9.17, 15) is 4.79 Å². The quantitative estimate of drug-likeness (QED) is 0.393. The van der Waals surface area contributed by atoms with Crippen molar-refractivity contribution in [3.8, 4) is 0 Å². The number of thioether (sulfide) groups is 1. The number of nitrogens with zero attached hydrogens (tertiary/aromatic N) is 1. The van der Waals surface area contributed by atoms with Crippen LogP contribution in [0.4, 0.5) is 0 Å². The van der Waals surface area contributed by atoms with Crippen molar-refractivity contribution in [1.29, 1.82) is 0 Å². The molecular formula is C19H21IN2OS. The number of halogens is 1. The average Bonchev–Trinajstić information content (AvgIpc) is 2.51. The molecule has 24 heavy (non-hydrogen) atoms. The summed E-state index contributed by atoms with van der Waals surface area (Å²) < 4.78 is 1.15. The molecule has 0 aliphatic rings. The van der Waals surface area contributed by atoms with E-state index in [0.717, 1.165) is 20.6 Å². The van der Waals surface area contributed by atoms with E-state index in [-0.39, 0.29) is 5.91 Å². The van der Waals surface area contributed by atoms with Gasteiger partial charge in [0.25, 0.3) is 0 Å². The number of hydrazone groups is 1. The third-order valence-corrected chi connectivity index (χ3v) is 5.05. The molecule has 0 fully saturated rings. The lowest BCUT2D eigenvalue weighted by atomic mass is 10.1. The maximum Gasteiger partial charge on any atom is 0.250 e. The summed E-state index contributed by atoms with van der Waals surface area (Å²) in [6.45, 7) is 6.08. The van der Waals surface area contributed by atoms with Gasteiger partial charge in [-0.3, -0.25) is 4.79 Å². The van der Waals surface area contributed by atoms with Crippen molar-refractivity contribution in [2.45, 2.75) is 26.5 Å². The van der Waals surface area contributed by atoms with Crippen LogP contribution in [0, 0.1) is 17.4 Å². The lowest BCUT2D eigenvalue weighted by Crippen LogP contribution is -2.21. The number of amides is 1. The Labute approximate surface area is 161 Å². The largest absolute Gasteiger partial charge is 0.272 e. The first-order valence-corrected chi connectivity index (χ1v) is 9.91. The maximum absolute atomic E-state index is 11.9. The minimum Gasteiger partial charge on any atom is -0.272 e. The number of hydrogen-bond acceptors (Lipinski definition) is 3. The number of hydrogen-bond donors (Lipinski definition) is 1. The summed E-state index contributed by atoms with van der Waals surface area (Å²) in [5.74, 6) is 1.15. The Morgan fingerprint density at radius 2 is 1.88 bits per heavy atom. The lowest BCUT2D eigenvalue weighted by Gasteiger charge is -2.05. The second-order valence-corrected chi connectivity index (χ2v) is 7.96. The molecule has 0 heterocycles. The van der Waals surface area contributed by atoms with E-state index in [2.05, 4.69) is 65.2 Å². The zero-order chi connectivity index (χ0) is 17.5. The molecule has 0 saturated carbocycles. The maximum atomic E-state index is 11.9. The van der Waals surface area contributed by atoms with Crippen LogP contribution in [0.5, 0.6) is 0 Å². The van der Waals surface area contributed by atoms with E-state index in [1.807, 2.05) is 31.2 Å². The zero-order valence-corrected chi connectivity index (χ0v) is 17.1. The van der Waals surface area contributed by atoms with Gasteiger partial charge < -0.3 is 0 Å². The van der Waals surface area contributed by atoms with Gasteiger partial charge in [-0.1, -0.05) is 41.5 Å². The first-order chi connectivity index (χ1) is 11.4. The summed E-state index contributed by atoms with van der Waals surface area (Å²) in [6.07, 6.45) is 0. The van der Waals surface area contributed by atoms with E-state index >= 15 is 0 Å². The normalized spacial score (nSPS) is 11.4. The fourth-order valence-electron chi connectivity index (χ4n) is 2.37. The third kappa shape index (κ3) is 6.28. The van der Waals surface area contributed by atoms with Crippen molar-refractivity contribution in [3.63, 3.8) is 0 Å². The van der Waals surface area contributed by atoms with Crippen LogP contribution in [0.15, 0.2) is 47.6 Å². The highest BCUT2D eigenvalue weighted by molar-refractivity contribution is 14.1. The Kier molecular flexibility index (Phi) is 7.30. The molecule has 3 nitrogen and oxygen atoms in total. The number of carbonyl (C=O) groups is 1. The third-order valence-electron chi connectivity index (χ3n) is 3.37. The Morgan fingerprint density at radius 3 is 2.54 bits per heavy atom. The number of aryl methyl sites for hydroxylation is 2. The summed E-state index contributed by atoms with van der Waals surface area (Å²) >= 11 is 3.86. The number of nitrogens with one attached hydrogen (secondary N) is 1. The zero-order valence-electron chi connectivity index (χ0n) is 14.1. The predicted octanol–water partition coefficient (Wildman–Crippen LogP) is 4.68. The summed E-state index contributed by atoms with van der Waals surface area (Å²) in [4.78, 5) is 11.9. The van der Waals surface area contributed by atoms with Crippen molar-refractivity contribution in [3.05, 3.63) is 68.3 Å². The van der Waals surface area contributed by atoms with Gasteiger partial charge in [0.2, 0.25) is 5.91 Å². The van der Waals surface area contributed by atoms with Crippen LogP contribution in [0.25, 0.3) is 0 Å². The van der Waals surface area contributed by atoms with Crippen molar-refractivity contribution in [1.82, 2.24) is 5.43 Å². The van der Waals surface area contributed by atoms with Gasteiger partial charge in [-0.2, -0.15) is 5.10 Å². The van der Waals surface area contributed by atoms with Gasteiger partial charge in [0.1, 0.15) is 0 Å². The Morgan fingerprint density at radius 1 is 1.17 bits per heavy atom. The van der Waals surface area contributed by atoms with Crippen LogP contribution < -0.4 is 5.43 Å².